The van der Waals surface area contributed by atoms with Crippen LogP contribution in [0.1, 0.15) is 12.0 Å². The van der Waals surface area contributed by atoms with Gasteiger partial charge in [0, 0.05) is 22.0 Å². The fourth-order valence-corrected chi connectivity index (χ4v) is 5.51. The predicted molar refractivity (Wildman–Crippen MR) is 123 cm³/mol. The molecule has 3 aromatic carbocycles. The lowest BCUT2D eigenvalue weighted by molar-refractivity contribution is -0.0373. The summed E-state index contributed by atoms with van der Waals surface area (Å²) in [4.78, 5) is 2.92. The molecular weight excluding hydrogens is 420 g/mol. The Bertz CT molecular complexity index is 992. The Morgan fingerprint density at radius 2 is 1.55 bits per heavy atom. The topological polar surface area (TPSA) is 29.5 Å². The molecule has 148 valence electrons. The molecule has 2 nitrogen and oxygen atoms in total. The molecule has 0 saturated carbocycles. The number of thioether (sulfide) groups is 2. The molecular formula is C24H21ClO2S2. The minimum atomic E-state index is -0.573. The molecule has 1 N–H and O–H groups in total. The van der Waals surface area contributed by atoms with Gasteiger partial charge in [0.15, 0.2) is 0 Å². The first kappa shape index (κ1) is 20.4. The lowest BCUT2D eigenvalue weighted by Crippen LogP contribution is -2.37. The summed E-state index contributed by atoms with van der Waals surface area (Å²) < 4.78 is 6.47. The summed E-state index contributed by atoms with van der Waals surface area (Å²) in [5, 5.41) is 11.6. The van der Waals surface area contributed by atoms with E-state index in [1.54, 1.807) is 11.8 Å². The molecule has 1 heterocycles. The molecule has 0 fully saturated rings. The molecule has 0 aliphatic carbocycles. The lowest BCUT2D eigenvalue weighted by atomic mass is 9.89. The van der Waals surface area contributed by atoms with E-state index in [4.69, 9.17) is 16.3 Å². The monoisotopic (exact) mass is 440 g/mol. The number of hydrogen-bond donors (Lipinski definition) is 1. The second kappa shape index (κ2) is 9.31. The summed E-state index contributed by atoms with van der Waals surface area (Å²) in [6.07, 6.45) is 0.434. The molecule has 4 rings (SSSR count). The van der Waals surface area contributed by atoms with Crippen LogP contribution in [0.5, 0.6) is 0 Å². The summed E-state index contributed by atoms with van der Waals surface area (Å²) in [7, 11) is 0. The van der Waals surface area contributed by atoms with E-state index in [0.29, 0.717) is 23.8 Å². The van der Waals surface area contributed by atoms with Crippen LogP contribution in [0.3, 0.4) is 0 Å². The van der Waals surface area contributed by atoms with Crippen molar-refractivity contribution in [3.63, 3.8) is 0 Å². The average molecular weight is 441 g/mol. The summed E-state index contributed by atoms with van der Waals surface area (Å²) in [5.41, 5.74) is 0.507. The molecule has 0 bridgehead atoms. The van der Waals surface area contributed by atoms with Gasteiger partial charge in [-0.2, -0.15) is 0 Å². The van der Waals surface area contributed by atoms with Crippen LogP contribution in [0.25, 0.3) is 0 Å². The Balaban J connectivity index is 1.59. The maximum Gasteiger partial charge on any atom is 0.110 e. The summed E-state index contributed by atoms with van der Waals surface area (Å²) in [5.74, 6) is 1.09. The van der Waals surface area contributed by atoms with Gasteiger partial charge in [-0.15, -0.1) is 11.8 Å². The average Bonchev–Trinajstić information content (AvgIpc) is 2.77. The van der Waals surface area contributed by atoms with Crippen LogP contribution < -0.4 is 0 Å². The summed E-state index contributed by atoms with van der Waals surface area (Å²) >= 11 is 9.51. The van der Waals surface area contributed by atoms with E-state index < -0.39 is 5.60 Å². The highest BCUT2D eigenvalue weighted by Crippen LogP contribution is 2.45. The lowest BCUT2D eigenvalue weighted by Gasteiger charge is -2.38. The van der Waals surface area contributed by atoms with E-state index in [0.717, 1.165) is 21.1 Å². The number of benzene rings is 3. The van der Waals surface area contributed by atoms with Gasteiger partial charge >= 0.3 is 0 Å². The first-order valence-corrected chi connectivity index (χ1v) is 11.5. The molecule has 1 atom stereocenters. The maximum atomic E-state index is 10.9. The Labute approximate surface area is 184 Å². The van der Waals surface area contributed by atoms with E-state index in [9.17, 15) is 5.11 Å². The molecule has 0 aromatic heterocycles. The third-order valence-electron chi connectivity index (χ3n) is 4.84. The Morgan fingerprint density at radius 1 is 0.897 bits per heavy atom. The first-order valence-electron chi connectivity index (χ1n) is 9.37. The summed E-state index contributed by atoms with van der Waals surface area (Å²) in [6.45, 7) is 0.353. The Morgan fingerprint density at radius 3 is 2.24 bits per heavy atom. The normalized spacial score (nSPS) is 19.3. The van der Waals surface area contributed by atoms with E-state index >= 15 is 0 Å². The third kappa shape index (κ3) is 4.84. The van der Waals surface area contributed by atoms with Gasteiger partial charge in [-0.1, -0.05) is 84.0 Å². The molecule has 0 radical (unpaired) electrons. The van der Waals surface area contributed by atoms with E-state index in [-0.39, 0.29) is 0 Å². The smallest absolute Gasteiger partial charge is 0.110 e. The highest BCUT2D eigenvalue weighted by Gasteiger charge is 2.39. The van der Waals surface area contributed by atoms with Gasteiger partial charge in [0.05, 0.1) is 16.5 Å². The fraction of sp³-hybridized carbons (Fsp3) is 0.167. The van der Waals surface area contributed by atoms with Crippen molar-refractivity contribution in [1.29, 1.82) is 0 Å². The number of aliphatic hydroxyl groups excluding tert-OH is 1. The number of rotatable bonds is 6. The van der Waals surface area contributed by atoms with Crippen LogP contribution in [0, 0.1) is 0 Å². The molecule has 1 aliphatic rings. The van der Waals surface area contributed by atoms with Crippen LogP contribution in [0.15, 0.2) is 105 Å². The van der Waals surface area contributed by atoms with Gasteiger partial charge in [-0.3, -0.25) is 0 Å². The third-order valence-corrected chi connectivity index (χ3v) is 7.67. The van der Waals surface area contributed by atoms with Crippen LogP contribution in [0.4, 0.5) is 0 Å². The molecule has 0 spiro atoms. The Kier molecular flexibility index (Phi) is 6.56. The van der Waals surface area contributed by atoms with Gasteiger partial charge in [0.1, 0.15) is 11.4 Å². The van der Waals surface area contributed by atoms with Gasteiger partial charge in [0.25, 0.3) is 0 Å². The van der Waals surface area contributed by atoms with Gasteiger partial charge in [0.2, 0.25) is 0 Å². The van der Waals surface area contributed by atoms with Crippen molar-refractivity contribution in [2.75, 3.05) is 12.4 Å². The zero-order valence-corrected chi connectivity index (χ0v) is 18.1. The second-order valence-corrected chi connectivity index (χ2v) is 9.42. The number of ether oxygens (including phenoxy) is 1. The van der Waals surface area contributed by atoms with Crippen molar-refractivity contribution in [1.82, 2.24) is 0 Å². The van der Waals surface area contributed by atoms with Crippen molar-refractivity contribution in [2.45, 2.75) is 21.8 Å². The zero-order chi connectivity index (χ0) is 20.1. The standard InChI is InChI=1S/C24H21ClO2S2/c25-20-13-7-8-14-22(20)29-23-16-27-24(15-21(23)26,18-9-3-1-4-10-18)17-28-19-11-5-2-6-12-19/h1-14,26H,15-17H2. The molecule has 1 unspecified atom stereocenters. The highest BCUT2D eigenvalue weighted by molar-refractivity contribution is 8.03. The van der Waals surface area contributed by atoms with E-state index in [1.807, 2.05) is 60.7 Å². The Hall–Kier alpha value is -1.85. The van der Waals surface area contributed by atoms with Crippen molar-refractivity contribution >= 4 is 35.1 Å². The van der Waals surface area contributed by atoms with E-state index in [1.165, 1.54) is 16.7 Å². The SMILES string of the molecule is OC1=C(Sc2ccccc2Cl)COC(CSc2ccccc2)(c2ccccc2)C1. The van der Waals surface area contributed by atoms with Gasteiger partial charge in [-0.05, 0) is 29.8 Å². The van der Waals surface area contributed by atoms with E-state index in [2.05, 4.69) is 24.3 Å². The van der Waals surface area contributed by atoms with Gasteiger partial charge < -0.3 is 9.84 Å². The van der Waals surface area contributed by atoms with Crippen molar-refractivity contribution in [2.24, 2.45) is 0 Å². The minimum absolute atomic E-state index is 0.353. The van der Waals surface area contributed by atoms with Gasteiger partial charge in [-0.25, -0.2) is 0 Å². The minimum Gasteiger partial charge on any atom is -0.511 e. The largest absolute Gasteiger partial charge is 0.511 e. The first-order chi connectivity index (χ1) is 14.2. The number of aliphatic hydroxyl groups is 1. The van der Waals surface area contributed by atoms with Crippen LogP contribution in [-0.4, -0.2) is 17.5 Å². The molecule has 1 aliphatic heterocycles. The zero-order valence-electron chi connectivity index (χ0n) is 15.8. The highest BCUT2D eigenvalue weighted by atomic mass is 35.5. The molecule has 5 heteroatoms. The molecule has 0 saturated heterocycles. The number of halogens is 1. The predicted octanol–water partition coefficient (Wildman–Crippen LogP) is 7.31. The van der Waals surface area contributed by atoms with Crippen LogP contribution in [0.2, 0.25) is 5.02 Å². The maximum absolute atomic E-state index is 10.9. The van der Waals surface area contributed by atoms with Crippen LogP contribution in [-0.2, 0) is 10.3 Å². The molecule has 3 aromatic rings. The second-order valence-electron chi connectivity index (χ2n) is 6.83. The summed E-state index contributed by atoms with van der Waals surface area (Å²) in [6, 6.07) is 28.1. The molecule has 29 heavy (non-hydrogen) atoms. The number of hydrogen-bond acceptors (Lipinski definition) is 4. The van der Waals surface area contributed by atoms with Crippen molar-refractivity contribution < 1.29 is 9.84 Å². The van der Waals surface area contributed by atoms with Crippen LogP contribution >= 0.6 is 35.1 Å². The fourth-order valence-electron chi connectivity index (χ4n) is 3.28. The quantitative estimate of drug-likeness (QED) is 0.407. The van der Waals surface area contributed by atoms with Crippen molar-refractivity contribution in [3.8, 4) is 0 Å². The van der Waals surface area contributed by atoms with Crippen molar-refractivity contribution in [3.05, 3.63) is 106 Å². The molecule has 0 amide bonds.